The van der Waals surface area contributed by atoms with Crippen LogP contribution in [-0.4, -0.2) is 74.1 Å². The van der Waals surface area contributed by atoms with Crippen molar-refractivity contribution in [3.8, 4) is 0 Å². The molecule has 0 saturated carbocycles. The fraction of sp³-hybridized carbons (Fsp3) is 0.412. The second-order valence-electron chi connectivity index (χ2n) is 6.31. The number of nitrogens with zero attached hydrogens (tertiary/aromatic N) is 2. The zero-order valence-electron chi connectivity index (χ0n) is 15.0. The van der Waals surface area contributed by atoms with Gasteiger partial charge in [0.15, 0.2) is 0 Å². The molecule has 0 spiro atoms. The van der Waals surface area contributed by atoms with Gasteiger partial charge >= 0.3 is 165 Å². The summed E-state index contributed by atoms with van der Waals surface area (Å²) in [5, 5.41) is 40.7. The van der Waals surface area contributed by atoms with Gasteiger partial charge in [0, 0.05) is 0 Å². The Labute approximate surface area is 165 Å². The summed E-state index contributed by atoms with van der Waals surface area (Å²) in [6.07, 6.45) is -3.14. The molecule has 0 radical (unpaired) electrons. The van der Waals surface area contributed by atoms with Gasteiger partial charge in [0.25, 0.3) is 0 Å². The molecule has 0 aliphatic carbocycles. The van der Waals surface area contributed by atoms with E-state index in [1.807, 2.05) is 25.2 Å². The number of rotatable bonds is 7. The molecule has 0 aromatic heterocycles. The molecule has 5 N–H and O–H groups in total. The Morgan fingerprint density at radius 2 is 1.89 bits per heavy atom. The third kappa shape index (κ3) is 4.53. The van der Waals surface area contributed by atoms with E-state index in [-0.39, 0.29) is 12.3 Å². The molecule has 1 aliphatic rings. The van der Waals surface area contributed by atoms with Crippen LogP contribution < -0.4 is 10.2 Å². The van der Waals surface area contributed by atoms with E-state index in [4.69, 9.17) is 5.11 Å². The number of hydrogen-bond donors (Lipinski definition) is 5. The second-order valence-corrected chi connectivity index (χ2v) is 7.71. The number of aryl methyl sites for hydroxylation is 2. The molecule has 2 amide bonds. The SMILES string of the molecule is Cc1cc2c(cc1C)N(CC(O)C(O)C(O)CO)[C](=[Zn])C(C(=O)N[C-]=O)=N2. The van der Waals surface area contributed by atoms with E-state index in [9.17, 15) is 24.9 Å². The minimum absolute atomic E-state index is 0.0264. The normalized spacial score (nSPS) is 17.0. The summed E-state index contributed by atoms with van der Waals surface area (Å²) < 4.78 is 0.475. The van der Waals surface area contributed by atoms with Crippen molar-refractivity contribution in [3.63, 3.8) is 0 Å². The molecule has 1 aromatic rings. The number of aliphatic imine (C=N–C) groups is 1. The third-order valence-corrected chi connectivity index (χ3v) is 5.94. The summed E-state index contributed by atoms with van der Waals surface area (Å²) in [4.78, 5) is 28.7. The van der Waals surface area contributed by atoms with Gasteiger partial charge in [-0.25, -0.2) is 0 Å². The Morgan fingerprint density at radius 1 is 1.26 bits per heavy atom. The molecule has 9 nitrogen and oxygen atoms in total. The van der Waals surface area contributed by atoms with Crippen LogP contribution in [0.25, 0.3) is 0 Å². The van der Waals surface area contributed by atoms with Gasteiger partial charge in [-0.1, -0.05) is 0 Å². The topological polar surface area (TPSA) is 143 Å². The summed E-state index contributed by atoms with van der Waals surface area (Å²) in [6.45, 7) is 2.96. The molecule has 2 rings (SSSR count). The van der Waals surface area contributed by atoms with E-state index in [0.29, 0.717) is 33.5 Å². The molecule has 1 aliphatic heterocycles. The van der Waals surface area contributed by atoms with E-state index >= 15 is 0 Å². The van der Waals surface area contributed by atoms with Gasteiger partial charge in [0.1, 0.15) is 0 Å². The molecule has 10 heteroatoms. The molecule has 3 atom stereocenters. The first kappa shape index (κ1) is 21.5. The van der Waals surface area contributed by atoms with Gasteiger partial charge < -0.3 is 0 Å². The van der Waals surface area contributed by atoms with Crippen LogP contribution in [0.2, 0.25) is 0 Å². The van der Waals surface area contributed by atoms with Gasteiger partial charge in [-0.15, -0.1) is 0 Å². The first-order valence-corrected chi connectivity index (χ1v) is 9.68. The van der Waals surface area contributed by atoms with Crippen LogP contribution in [0.3, 0.4) is 0 Å². The quantitative estimate of drug-likeness (QED) is 0.195. The van der Waals surface area contributed by atoms with Crippen molar-refractivity contribution in [3.05, 3.63) is 23.3 Å². The molecular formula is C17H20N3O6Zn-. The number of aliphatic hydroxyl groups excluding tert-OH is 4. The Balaban J connectivity index is 2.46. The molecule has 0 fully saturated rings. The first-order valence-electron chi connectivity index (χ1n) is 8.20. The maximum atomic E-state index is 12.2. The van der Waals surface area contributed by atoms with E-state index in [1.165, 1.54) is 6.41 Å². The number of anilines is 1. The Kier molecular flexibility index (Phi) is 7.08. The van der Waals surface area contributed by atoms with Gasteiger partial charge in [0.2, 0.25) is 0 Å². The Bertz CT molecular complexity index is 797. The number of nitrogens with one attached hydrogen (secondary N) is 1. The number of carbonyl (C=O) groups is 1. The number of imide groups is 1. The summed E-state index contributed by atoms with van der Waals surface area (Å²) in [6, 6.07) is 3.64. The molecule has 1 heterocycles. The van der Waals surface area contributed by atoms with Crippen LogP contribution >= 0.6 is 0 Å². The van der Waals surface area contributed by atoms with Crippen LogP contribution in [0.1, 0.15) is 11.1 Å². The number of carbonyl (C=O) groups excluding carboxylic acids is 2. The fourth-order valence-electron chi connectivity index (χ4n) is 2.71. The molecular weight excluding hydrogens is 408 g/mol. The van der Waals surface area contributed by atoms with Crippen LogP contribution in [0.5, 0.6) is 0 Å². The van der Waals surface area contributed by atoms with Crippen LogP contribution in [-0.2, 0) is 27.4 Å². The summed E-state index contributed by atoms with van der Waals surface area (Å²) in [5.41, 5.74) is 3.07. The second kappa shape index (κ2) is 8.90. The van der Waals surface area contributed by atoms with Crippen molar-refractivity contribution < 1.29 is 47.9 Å². The van der Waals surface area contributed by atoms with E-state index < -0.39 is 30.8 Å². The predicted molar refractivity (Wildman–Crippen MR) is 94.3 cm³/mol. The van der Waals surface area contributed by atoms with E-state index in [2.05, 4.69) is 4.99 Å². The number of amides is 2. The van der Waals surface area contributed by atoms with Crippen molar-refractivity contribution in [1.29, 1.82) is 0 Å². The molecule has 27 heavy (non-hydrogen) atoms. The zero-order chi connectivity index (χ0) is 20.3. The average Bonchev–Trinajstić information content (AvgIpc) is 2.64. The summed E-state index contributed by atoms with van der Waals surface area (Å²) >= 11 is 0.475. The van der Waals surface area contributed by atoms with Crippen LogP contribution in [0, 0.1) is 13.8 Å². The summed E-state index contributed by atoms with van der Waals surface area (Å²) in [7, 11) is 0. The molecule has 0 bridgehead atoms. The zero-order valence-corrected chi connectivity index (χ0v) is 18.0. The van der Waals surface area contributed by atoms with Crippen LogP contribution in [0.4, 0.5) is 11.4 Å². The van der Waals surface area contributed by atoms with Gasteiger partial charge in [-0.05, 0) is 0 Å². The molecule has 0 saturated heterocycles. The molecule has 142 valence electrons. The van der Waals surface area contributed by atoms with Crippen molar-refractivity contribution in [2.24, 2.45) is 4.99 Å². The minimum atomic E-state index is -1.57. The maximum absolute atomic E-state index is 12.2. The summed E-state index contributed by atoms with van der Waals surface area (Å²) in [5.74, 6) is -0.717. The van der Waals surface area contributed by atoms with Gasteiger partial charge in [-0.2, -0.15) is 0 Å². The number of fused-ring (bicyclic) bond motifs is 1. The van der Waals surface area contributed by atoms with Crippen molar-refractivity contribution in [2.45, 2.75) is 32.2 Å². The number of hydrogen-bond acceptors (Lipinski definition) is 8. The number of aliphatic hydroxyl groups is 4. The number of β-amino-alcohol motifs (C(OH)–C–C–N with tert-alkyl or cyclic N) is 1. The number of benzene rings is 1. The van der Waals surface area contributed by atoms with Gasteiger partial charge in [-0.3, -0.25) is 0 Å². The van der Waals surface area contributed by atoms with Crippen LogP contribution in [0.15, 0.2) is 17.1 Å². The molecule has 3 unspecified atom stereocenters. The fourth-order valence-corrected chi connectivity index (χ4v) is 3.84. The monoisotopic (exact) mass is 426 g/mol. The van der Waals surface area contributed by atoms with Crippen molar-refractivity contribution in [1.82, 2.24) is 5.32 Å². The van der Waals surface area contributed by atoms with E-state index in [1.54, 1.807) is 11.0 Å². The average molecular weight is 428 g/mol. The first-order chi connectivity index (χ1) is 12.7. The van der Waals surface area contributed by atoms with Gasteiger partial charge in [0.05, 0.1) is 0 Å². The molecule has 1 aromatic carbocycles. The standard InChI is InChI=1S/C17H20N3O6.Zn/c1-9-3-11-13(4-10(9)2)20(5-12(19-11)17(26)18-8-22)6-14(23)16(25)15(24)7-21;/h3-4,14-16,21,23-25H,6-7H2,1-2H3,(H,18,22,26);/q-1;. The van der Waals surface area contributed by atoms with Crippen molar-refractivity contribution in [2.75, 3.05) is 18.1 Å². The van der Waals surface area contributed by atoms with E-state index in [0.717, 1.165) is 11.1 Å². The Hall–Kier alpha value is -1.84. The predicted octanol–water partition coefficient (Wildman–Crippen LogP) is -1.87. The van der Waals surface area contributed by atoms with Crippen molar-refractivity contribution >= 4 is 33.6 Å². The Morgan fingerprint density at radius 3 is 2.48 bits per heavy atom. The third-order valence-electron chi connectivity index (χ3n) is 4.44.